The van der Waals surface area contributed by atoms with Gasteiger partial charge < -0.3 is 10.2 Å². The van der Waals surface area contributed by atoms with Crippen LogP contribution < -0.4 is 10.6 Å². The number of hydrogen-bond donors (Lipinski definition) is 2. The number of anilines is 1. The quantitative estimate of drug-likeness (QED) is 0.464. The first-order valence-electron chi connectivity index (χ1n) is 7.01. The maximum absolute atomic E-state index is 12.0. The van der Waals surface area contributed by atoms with E-state index in [1.807, 2.05) is 24.3 Å². The molecule has 1 aliphatic heterocycles. The summed E-state index contributed by atoms with van der Waals surface area (Å²) in [5, 5.41) is 10.9. The van der Waals surface area contributed by atoms with E-state index in [1.165, 1.54) is 0 Å². The standard InChI is InChI=1S/C16H12Cl3N3O2/c17-10-3-1-9(2-4-10)7-20-8-24-22-15-11-5-6-12(18)13(19)14(11)21-16(15)23/h1-6,20H,7-8H2,(H,21,22,23). The van der Waals surface area contributed by atoms with Gasteiger partial charge in [0.05, 0.1) is 15.7 Å². The van der Waals surface area contributed by atoms with E-state index in [0.717, 1.165) is 5.56 Å². The molecular formula is C16H12Cl3N3O2. The third-order valence-corrected chi connectivity index (χ3v) is 4.42. The fraction of sp³-hybridized carbons (Fsp3) is 0.125. The lowest BCUT2D eigenvalue weighted by atomic mass is 10.1. The highest BCUT2D eigenvalue weighted by Crippen LogP contribution is 2.36. The van der Waals surface area contributed by atoms with Crippen LogP contribution in [0, 0.1) is 0 Å². The highest BCUT2D eigenvalue weighted by Gasteiger charge is 2.29. The number of carbonyl (C=O) groups is 1. The van der Waals surface area contributed by atoms with E-state index in [1.54, 1.807) is 12.1 Å². The van der Waals surface area contributed by atoms with Gasteiger partial charge in [0.1, 0.15) is 0 Å². The van der Waals surface area contributed by atoms with Crippen LogP contribution in [0.5, 0.6) is 0 Å². The summed E-state index contributed by atoms with van der Waals surface area (Å²) in [7, 11) is 0. The third-order valence-electron chi connectivity index (χ3n) is 3.37. The first kappa shape index (κ1) is 17.0. The summed E-state index contributed by atoms with van der Waals surface area (Å²) in [5.74, 6) is -0.383. The Kier molecular flexibility index (Phi) is 5.26. The summed E-state index contributed by atoms with van der Waals surface area (Å²) in [6.45, 7) is 0.738. The predicted octanol–water partition coefficient (Wildman–Crippen LogP) is 4.07. The molecule has 24 heavy (non-hydrogen) atoms. The van der Waals surface area contributed by atoms with Gasteiger partial charge in [-0.1, -0.05) is 52.1 Å². The van der Waals surface area contributed by atoms with Crippen LogP contribution in [0.15, 0.2) is 41.6 Å². The number of carbonyl (C=O) groups excluding carboxylic acids is 1. The Morgan fingerprint density at radius 2 is 1.83 bits per heavy atom. The summed E-state index contributed by atoms with van der Waals surface area (Å²) in [6.07, 6.45) is 0. The van der Waals surface area contributed by atoms with E-state index in [0.29, 0.717) is 27.8 Å². The van der Waals surface area contributed by atoms with Crippen LogP contribution in [0.3, 0.4) is 0 Å². The molecule has 1 heterocycles. The molecule has 0 saturated carbocycles. The minimum absolute atomic E-state index is 0.149. The molecule has 1 aliphatic rings. The molecule has 0 radical (unpaired) electrons. The molecule has 2 aromatic carbocycles. The maximum Gasteiger partial charge on any atom is 0.278 e. The second-order valence-electron chi connectivity index (χ2n) is 5.00. The van der Waals surface area contributed by atoms with E-state index < -0.39 is 0 Å². The number of benzene rings is 2. The summed E-state index contributed by atoms with van der Waals surface area (Å²) >= 11 is 17.8. The largest absolute Gasteiger partial charge is 0.379 e. The Balaban J connectivity index is 1.59. The molecule has 0 fully saturated rings. The zero-order chi connectivity index (χ0) is 17.1. The van der Waals surface area contributed by atoms with Crippen LogP contribution in [0.4, 0.5) is 5.69 Å². The molecule has 0 saturated heterocycles. The van der Waals surface area contributed by atoms with Gasteiger partial charge in [0.2, 0.25) is 0 Å². The van der Waals surface area contributed by atoms with Crippen LogP contribution >= 0.6 is 34.8 Å². The van der Waals surface area contributed by atoms with Crippen molar-refractivity contribution in [3.63, 3.8) is 0 Å². The average molecular weight is 385 g/mol. The van der Waals surface area contributed by atoms with Gasteiger partial charge in [-0.05, 0) is 29.8 Å². The van der Waals surface area contributed by atoms with Crippen LogP contribution in [0.25, 0.3) is 0 Å². The topological polar surface area (TPSA) is 62.7 Å². The van der Waals surface area contributed by atoms with Crippen molar-refractivity contribution in [3.05, 3.63) is 62.6 Å². The monoisotopic (exact) mass is 383 g/mol. The van der Waals surface area contributed by atoms with Crippen molar-refractivity contribution in [2.45, 2.75) is 6.54 Å². The molecule has 124 valence electrons. The first-order valence-corrected chi connectivity index (χ1v) is 8.14. The Morgan fingerprint density at radius 1 is 1.08 bits per heavy atom. The molecule has 2 N–H and O–H groups in total. The summed E-state index contributed by atoms with van der Waals surface area (Å²) in [6, 6.07) is 10.7. The highest BCUT2D eigenvalue weighted by atomic mass is 35.5. The molecule has 1 amide bonds. The fourth-order valence-electron chi connectivity index (χ4n) is 2.20. The average Bonchev–Trinajstić information content (AvgIpc) is 2.89. The van der Waals surface area contributed by atoms with E-state index in [-0.39, 0.29) is 23.4 Å². The number of nitrogens with zero attached hydrogens (tertiary/aromatic N) is 1. The lowest BCUT2D eigenvalue weighted by Crippen LogP contribution is -2.18. The van der Waals surface area contributed by atoms with Crippen LogP contribution in [-0.2, 0) is 16.2 Å². The number of amides is 1. The van der Waals surface area contributed by atoms with Crippen molar-refractivity contribution in [2.24, 2.45) is 5.16 Å². The third kappa shape index (κ3) is 3.65. The Morgan fingerprint density at radius 3 is 2.58 bits per heavy atom. The van der Waals surface area contributed by atoms with Crippen molar-refractivity contribution in [3.8, 4) is 0 Å². The number of hydrogen-bond acceptors (Lipinski definition) is 4. The lowest BCUT2D eigenvalue weighted by Gasteiger charge is -2.04. The van der Waals surface area contributed by atoms with E-state index in [4.69, 9.17) is 39.6 Å². The predicted molar refractivity (Wildman–Crippen MR) is 95.9 cm³/mol. The Labute approximate surface area is 153 Å². The van der Waals surface area contributed by atoms with Gasteiger partial charge in [-0.2, -0.15) is 0 Å². The minimum Gasteiger partial charge on any atom is -0.379 e. The molecule has 0 spiro atoms. The molecule has 0 atom stereocenters. The van der Waals surface area contributed by atoms with Gasteiger partial charge in [-0.3, -0.25) is 10.1 Å². The summed E-state index contributed by atoms with van der Waals surface area (Å²) < 4.78 is 0. The Bertz CT molecular complexity index is 807. The van der Waals surface area contributed by atoms with Gasteiger partial charge >= 0.3 is 0 Å². The van der Waals surface area contributed by atoms with Crippen molar-refractivity contribution in [1.82, 2.24) is 5.32 Å². The van der Waals surface area contributed by atoms with Gasteiger partial charge in [0.25, 0.3) is 5.91 Å². The second kappa shape index (κ2) is 7.40. The molecule has 0 unspecified atom stereocenters. The van der Waals surface area contributed by atoms with Crippen LogP contribution in [-0.4, -0.2) is 18.3 Å². The molecule has 3 rings (SSSR count). The number of fused-ring (bicyclic) bond motifs is 1. The molecular weight excluding hydrogens is 373 g/mol. The lowest BCUT2D eigenvalue weighted by molar-refractivity contribution is -0.110. The SMILES string of the molecule is O=C1Nc2c(ccc(Cl)c2Cl)/C1=N/OCNCc1ccc(Cl)cc1. The number of oxime groups is 1. The smallest absolute Gasteiger partial charge is 0.278 e. The first-order chi connectivity index (χ1) is 11.6. The number of halogens is 3. The van der Waals surface area contributed by atoms with E-state index in [9.17, 15) is 4.79 Å². The van der Waals surface area contributed by atoms with Gasteiger partial charge in [-0.15, -0.1) is 0 Å². The van der Waals surface area contributed by atoms with Crippen molar-refractivity contribution >= 4 is 52.1 Å². The second-order valence-corrected chi connectivity index (χ2v) is 6.23. The number of rotatable bonds is 5. The van der Waals surface area contributed by atoms with Crippen molar-refractivity contribution in [1.29, 1.82) is 0 Å². The van der Waals surface area contributed by atoms with Crippen LogP contribution in [0.1, 0.15) is 11.1 Å². The normalized spacial score (nSPS) is 14.6. The summed E-state index contributed by atoms with van der Waals surface area (Å²) in [4.78, 5) is 17.1. The molecule has 0 aromatic heterocycles. The van der Waals surface area contributed by atoms with Crippen molar-refractivity contribution in [2.75, 3.05) is 12.0 Å². The minimum atomic E-state index is -0.383. The van der Waals surface area contributed by atoms with Gasteiger partial charge in [0.15, 0.2) is 12.4 Å². The zero-order valence-electron chi connectivity index (χ0n) is 12.3. The molecule has 5 nitrogen and oxygen atoms in total. The number of nitrogens with one attached hydrogen (secondary N) is 2. The van der Waals surface area contributed by atoms with Crippen LogP contribution in [0.2, 0.25) is 15.1 Å². The van der Waals surface area contributed by atoms with E-state index >= 15 is 0 Å². The molecule has 0 aliphatic carbocycles. The highest BCUT2D eigenvalue weighted by molar-refractivity contribution is 6.56. The fourth-order valence-corrected chi connectivity index (χ4v) is 2.69. The van der Waals surface area contributed by atoms with Crippen molar-refractivity contribution < 1.29 is 9.63 Å². The van der Waals surface area contributed by atoms with Gasteiger partial charge in [-0.25, -0.2) is 0 Å². The molecule has 0 bridgehead atoms. The molecule has 2 aromatic rings. The summed E-state index contributed by atoms with van der Waals surface area (Å²) in [5.41, 5.74) is 2.23. The Hall–Kier alpha value is -1.79. The van der Waals surface area contributed by atoms with E-state index in [2.05, 4.69) is 15.8 Å². The maximum atomic E-state index is 12.0. The van der Waals surface area contributed by atoms with Gasteiger partial charge in [0, 0.05) is 17.1 Å². The molecule has 8 heteroatoms. The zero-order valence-corrected chi connectivity index (χ0v) is 14.5.